The molecule has 0 aliphatic rings. The molecule has 106 valence electrons. The summed E-state index contributed by atoms with van der Waals surface area (Å²) in [4.78, 5) is 0. The monoisotopic (exact) mass is 285 g/mol. The van der Waals surface area contributed by atoms with Crippen LogP contribution in [0.4, 0.5) is 13.2 Å². The van der Waals surface area contributed by atoms with Gasteiger partial charge in [-0.3, -0.25) is 0 Å². The largest absolute Gasteiger partial charge is 0.573 e. The molecule has 0 radical (unpaired) electrons. The van der Waals surface area contributed by atoms with E-state index in [0.29, 0.717) is 11.4 Å². The van der Waals surface area contributed by atoms with Crippen molar-refractivity contribution in [1.29, 1.82) is 0 Å². The molecule has 0 fully saturated rings. The summed E-state index contributed by atoms with van der Waals surface area (Å²) in [7, 11) is 0. The van der Waals surface area contributed by atoms with Crippen LogP contribution in [-0.4, -0.2) is 16.6 Å². The van der Waals surface area contributed by atoms with Crippen LogP contribution in [-0.2, 0) is 6.54 Å². The van der Waals surface area contributed by atoms with Gasteiger partial charge in [0.05, 0.1) is 5.69 Å². The average molecular weight is 285 g/mol. The van der Waals surface area contributed by atoms with E-state index in [2.05, 4.69) is 14.9 Å². The van der Waals surface area contributed by atoms with Crippen molar-refractivity contribution in [2.45, 2.75) is 12.9 Å². The van der Waals surface area contributed by atoms with Gasteiger partial charge < -0.3 is 15.2 Å². The third-order valence-electron chi connectivity index (χ3n) is 2.18. The topological polar surface area (TPSA) is 70.3 Å². The highest BCUT2D eigenvalue weighted by Crippen LogP contribution is 2.26. The number of nitrogens with two attached hydrogens (primary N) is 1. The number of hydrogen-bond donors (Lipinski definition) is 1. The standard InChI is InChI=1S/C12H10F3N3O2/c13-12(14,15)20-10-4-2-9(3-5-10)19-11-6-1-8(7-16)17-18-11/h1-6H,7,16H2. The molecule has 5 nitrogen and oxygen atoms in total. The molecule has 20 heavy (non-hydrogen) atoms. The van der Waals surface area contributed by atoms with Gasteiger partial charge in [-0.05, 0) is 30.3 Å². The number of rotatable bonds is 4. The Kier molecular flexibility index (Phi) is 4.04. The van der Waals surface area contributed by atoms with Crippen molar-refractivity contribution in [1.82, 2.24) is 10.2 Å². The van der Waals surface area contributed by atoms with E-state index in [1.54, 1.807) is 12.1 Å². The number of alkyl halides is 3. The van der Waals surface area contributed by atoms with Crippen LogP contribution in [0.1, 0.15) is 5.69 Å². The second kappa shape index (κ2) is 5.74. The Labute approximate surface area is 112 Å². The van der Waals surface area contributed by atoms with Gasteiger partial charge in [0.2, 0.25) is 5.88 Å². The molecule has 2 N–H and O–H groups in total. The van der Waals surface area contributed by atoms with E-state index in [4.69, 9.17) is 10.5 Å². The van der Waals surface area contributed by atoms with E-state index >= 15 is 0 Å². The molecule has 0 atom stereocenters. The van der Waals surface area contributed by atoms with E-state index in [-0.39, 0.29) is 18.2 Å². The van der Waals surface area contributed by atoms with Gasteiger partial charge in [0.25, 0.3) is 0 Å². The molecular formula is C12H10F3N3O2. The molecule has 0 aliphatic carbocycles. The highest BCUT2D eigenvalue weighted by Gasteiger charge is 2.30. The van der Waals surface area contributed by atoms with Crippen molar-refractivity contribution in [3.05, 3.63) is 42.1 Å². The third-order valence-corrected chi connectivity index (χ3v) is 2.18. The lowest BCUT2D eigenvalue weighted by Gasteiger charge is -2.09. The lowest BCUT2D eigenvalue weighted by molar-refractivity contribution is -0.274. The summed E-state index contributed by atoms with van der Waals surface area (Å²) in [5.41, 5.74) is 5.97. The predicted octanol–water partition coefficient (Wildman–Crippen LogP) is 2.63. The zero-order chi connectivity index (χ0) is 14.6. The predicted molar refractivity (Wildman–Crippen MR) is 63.1 cm³/mol. The molecule has 0 saturated heterocycles. The molecule has 2 rings (SSSR count). The van der Waals surface area contributed by atoms with Gasteiger partial charge in [0.15, 0.2) is 0 Å². The minimum absolute atomic E-state index is 0.215. The molecule has 0 saturated carbocycles. The third kappa shape index (κ3) is 4.09. The van der Waals surface area contributed by atoms with Crippen molar-refractivity contribution in [3.63, 3.8) is 0 Å². The maximum atomic E-state index is 12.0. The van der Waals surface area contributed by atoms with Gasteiger partial charge in [-0.15, -0.1) is 18.3 Å². The Morgan fingerprint density at radius 1 is 0.950 bits per heavy atom. The van der Waals surface area contributed by atoms with Crippen LogP contribution < -0.4 is 15.2 Å². The van der Waals surface area contributed by atoms with Gasteiger partial charge in [-0.25, -0.2) is 0 Å². The van der Waals surface area contributed by atoms with Crippen molar-refractivity contribution >= 4 is 0 Å². The minimum Gasteiger partial charge on any atom is -0.438 e. The molecule has 0 aliphatic heterocycles. The highest BCUT2D eigenvalue weighted by atomic mass is 19.4. The van der Waals surface area contributed by atoms with Gasteiger partial charge in [0.1, 0.15) is 11.5 Å². The van der Waals surface area contributed by atoms with E-state index in [0.717, 1.165) is 12.1 Å². The summed E-state index contributed by atoms with van der Waals surface area (Å²) in [5.74, 6) is 0.204. The smallest absolute Gasteiger partial charge is 0.438 e. The van der Waals surface area contributed by atoms with Crippen molar-refractivity contribution in [3.8, 4) is 17.4 Å². The SMILES string of the molecule is NCc1ccc(Oc2ccc(OC(F)(F)F)cc2)nn1. The van der Waals surface area contributed by atoms with Crippen LogP contribution in [0.25, 0.3) is 0 Å². The highest BCUT2D eigenvalue weighted by molar-refractivity contribution is 5.33. The summed E-state index contributed by atoms with van der Waals surface area (Å²) in [6.07, 6.45) is -4.72. The fourth-order valence-electron chi connectivity index (χ4n) is 1.34. The number of ether oxygens (including phenoxy) is 2. The number of halogens is 3. The number of hydrogen-bond acceptors (Lipinski definition) is 5. The molecule has 2 aromatic rings. The maximum Gasteiger partial charge on any atom is 0.573 e. The van der Waals surface area contributed by atoms with Gasteiger partial charge in [0, 0.05) is 12.6 Å². The molecule has 0 amide bonds. The first-order valence-corrected chi connectivity index (χ1v) is 5.52. The Balaban J connectivity index is 2.02. The van der Waals surface area contributed by atoms with E-state index in [1.165, 1.54) is 12.1 Å². The van der Waals surface area contributed by atoms with Gasteiger partial charge in [-0.2, -0.15) is 5.10 Å². The maximum absolute atomic E-state index is 12.0. The summed E-state index contributed by atoms with van der Waals surface area (Å²) in [6, 6.07) is 8.16. The second-order valence-electron chi connectivity index (χ2n) is 3.69. The lowest BCUT2D eigenvalue weighted by Crippen LogP contribution is -2.16. The fraction of sp³-hybridized carbons (Fsp3) is 0.167. The van der Waals surface area contributed by atoms with E-state index in [9.17, 15) is 13.2 Å². The molecule has 0 unspecified atom stereocenters. The Morgan fingerprint density at radius 2 is 1.60 bits per heavy atom. The summed E-state index contributed by atoms with van der Waals surface area (Å²) >= 11 is 0. The summed E-state index contributed by atoms with van der Waals surface area (Å²) in [5, 5.41) is 7.55. The molecular weight excluding hydrogens is 275 g/mol. The first kappa shape index (κ1) is 14.1. The van der Waals surface area contributed by atoms with Gasteiger partial charge in [-0.1, -0.05) is 0 Å². The number of aromatic nitrogens is 2. The Morgan fingerprint density at radius 3 is 2.10 bits per heavy atom. The molecule has 0 bridgehead atoms. The Hall–Kier alpha value is -2.35. The van der Waals surface area contributed by atoms with Crippen LogP contribution in [0.15, 0.2) is 36.4 Å². The lowest BCUT2D eigenvalue weighted by atomic mass is 10.3. The van der Waals surface area contributed by atoms with Crippen LogP contribution >= 0.6 is 0 Å². The van der Waals surface area contributed by atoms with Crippen molar-refractivity contribution in [2.75, 3.05) is 0 Å². The van der Waals surface area contributed by atoms with Crippen LogP contribution in [0.5, 0.6) is 17.4 Å². The molecule has 1 aromatic heterocycles. The van der Waals surface area contributed by atoms with Crippen LogP contribution in [0.2, 0.25) is 0 Å². The summed E-state index contributed by atoms with van der Waals surface area (Å²) < 4.78 is 45.0. The molecule has 0 spiro atoms. The normalized spacial score (nSPS) is 11.2. The fourth-order valence-corrected chi connectivity index (χ4v) is 1.34. The second-order valence-corrected chi connectivity index (χ2v) is 3.69. The quantitative estimate of drug-likeness (QED) is 0.935. The van der Waals surface area contributed by atoms with Crippen LogP contribution in [0.3, 0.4) is 0 Å². The van der Waals surface area contributed by atoms with E-state index in [1.807, 2.05) is 0 Å². The summed E-state index contributed by atoms with van der Waals surface area (Å²) in [6.45, 7) is 0.261. The van der Waals surface area contributed by atoms with Crippen LogP contribution in [0, 0.1) is 0 Å². The first-order chi connectivity index (χ1) is 9.46. The zero-order valence-electron chi connectivity index (χ0n) is 10.1. The number of benzene rings is 1. The Bertz CT molecular complexity index is 556. The van der Waals surface area contributed by atoms with Gasteiger partial charge >= 0.3 is 6.36 Å². The average Bonchev–Trinajstić information content (AvgIpc) is 2.40. The molecule has 1 heterocycles. The number of nitrogens with zero attached hydrogens (tertiary/aromatic N) is 2. The molecule has 8 heteroatoms. The molecule has 1 aromatic carbocycles. The minimum atomic E-state index is -4.72. The first-order valence-electron chi connectivity index (χ1n) is 5.52. The zero-order valence-corrected chi connectivity index (χ0v) is 10.1. The van der Waals surface area contributed by atoms with Crippen molar-refractivity contribution in [2.24, 2.45) is 5.73 Å². The van der Waals surface area contributed by atoms with E-state index < -0.39 is 6.36 Å². The van der Waals surface area contributed by atoms with Crippen molar-refractivity contribution < 1.29 is 22.6 Å².